The third-order valence-electron chi connectivity index (χ3n) is 2.78. The summed E-state index contributed by atoms with van der Waals surface area (Å²) in [6, 6.07) is 9.14. The highest BCUT2D eigenvalue weighted by Crippen LogP contribution is 2.02. The highest BCUT2D eigenvalue weighted by Gasteiger charge is 2.16. The maximum absolute atomic E-state index is 11.9. The summed E-state index contributed by atoms with van der Waals surface area (Å²) in [7, 11) is 0. The van der Waals surface area contributed by atoms with Crippen molar-refractivity contribution in [2.75, 3.05) is 19.8 Å². The van der Waals surface area contributed by atoms with Gasteiger partial charge in [0.1, 0.15) is 0 Å². The lowest BCUT2D eigenvalue weighted by molar-refractivity contribution is -0.141. The summed E-state index contributed by atoms with van der Waals surface area (Å²) in [6.07, 6.45) is 0.0959. The number of carbonyl (C=O) groups is 1. The predicted molar refractivity (Wildman–Crippen MR) is 78.2 cm³/mol. The smallest absolute Gasteiger partial charge is 0.237 e. The number of nitrogens with one attached hydrogen (secondary N) is 1. The van der Waals surface area contributed by atoms with Crippen molar-refractivity contribution in [3.8, 4) is 0 Å². The Morgan fingerprint density at radius 2 is 1.80 bits per heavy atom. The van der Waals surface area contributed by atoms with Crippen molar-refractivity contribution in [3.05, 3.63) is 35.9 Å². The van der Waals surface area contributed by atoms with E-state index in [2.05, 4.69) is 5.32 Å². The van der Waals surface area contributed by atoms with Crippen molar-refractivity contribution in [3.63, 3.8) is 0 Å². The molecule has 3 N–H and O–H groups in total. The average molecular weight is 280 g/mol. The minimum Gasteiger partial charge on any atom is -0.351 e. The Morgan fingerprint density at radius 1 is 1.20 bits per heavy atom. The lowest BCUT2D eigenvalue weighted by Gasteiger charge is -2.19. The zero-order valence-electron chi connectivity index (χ0n) is 12.2. The van der Waals surface area contributed by atoms with Crippen LogP contribution in [0.4, 0.5) is 0 Å². The lowest BCUT2D eigenvalue weighted by atomic mass is 10.1. The number of hydrogen-bond donors (Lipinski definition) is 2. The predicted octanol–water partition coefficient (Wildman–Crippen LogP) is 1.07. The van der Waals surface area contributed by atoms with Gasteiger partial charge in [0.15, 0.2) is 6.29 Å². The largest absolute Gasteiger partial charge is 0.351 e. The van der Waals surface area contributed by atoms with Gasteiger partial charge in [0.05, 0.1) is 12.6 Å². The molecule has 0 saturated carbocycles. The molecule has 0 aromatic heterocycles. The Kier molecular flexibility index (Phi) is 7.87. The third-order valence-corrected chi connectivity index (χ3v) is 2.78. The average Bonchev–Trinajstić information content (AvgIpc) is 2.46. The van der Waals surface area contributed by atoms with Crippen LogP contribution in [0.1, 0.15) is 19.4 Å². The van der Waals surface area contributed by atoms with Crippen molar-refractivity contribution in [1.29, 1.82) is 0 Å². The first-order valence-corrected chi connectivity index (χ1v) is 6.97. The monoisotopic (exact) mass is 280 g/mol. The minimum absolute atomic E-state index is 0.196. The molecular weight excluding hydrogens is 256 g/mol. The number of rotatable bonds is 9. The van der Waals surface area contributed by atoms with Crippen LogP contribution in [0, 0.1) is 0 Å². The van der Waals surface area contributed by atoms with Crippen LogP contribution >= 0.6 is 0 Å². The standard InChI is InChI=1S/C15H24N2O3/c1-3-19-14(20-4-2)11-17-15(18)13(16)10-12-8-6-5-7-9-12/h5-9,13-14H,3-4,10-11,16H2,1-2H3,(H,17,18). The van der Waals surface area contributed by atoms with E-state index in [1.807, 2.05) is 44.2 Å². The highest BCUT2D eigenvalue weighted by molar-refractivity contribution is 5.81. The van der Waals surface area contributed by atoms with Gasteiger partial charge in [0, 0.05) is 13.2 Å². The van der Waals surface area contributed by atoms with E-state index in [-0.39, 0.29) is 5.91 Å². The summed E-state index contributed by atoms with van der Waals surface area (Å²) in [5, 5.41) is 2.76. The molecule has 1 unspecified atom stereocenters. The molecule has 1 aromatic rings. The van der Waals surface area contributed by atoms with Crippen molar-refractivity contribution < 1.29 is 14.3 Å². The molecule has 20 heavy (non-hydrogen) atoms. The number of hydrogen-bond acceptors (Lipinski definition) is 4. The van der Waals surface area contributed by atoms with E-state index >= 15 is 0 Å². The lowest BCUT2D eigenvalue weighted by Crippen LogP contribution is -2.45. The Hall–Kier alpha value is -1.43. The topological polar surface area (TPSA) is 73.6 Å². The van der Waals surface area contributed by atoms with E-state index in [1.165, 1.54) is 0 Å². The fourth-order valence-electron chi connectivity index (χ4n) is 1.81. The van der Waals surface area contributed by atoms with Gasteiger partial charge in [-0.15, -0.1) is 0 Å². The first-order chi connectivity index (χ1) is 9.67. The van der Waals surface area contributed by atoms with E-state index in [4.69, 9.17) is 15.2 Å². The summed E-state index contributed by atoms with van der Waals surface area (Å²) in [5.74, 6) is -0.196. The van der Waals surface area contributed by atoms with Gasteiger partial charge in [-0.1, -0.05) is 30.3 Å². The molecule has 5 nitrogen and oxygen atoms in total. The van der Waals surface area contributed by atoms with Gasteiger partial charge in [-0.25, -0.2) is 0 Å². The molecule has 0 aliphatic rings. The summed E-state index contributed by atoms with van der Waals surface area (Å²) < 4.78 is 10.7. The van der Waals surface area contributed by atoms with E-state index in [0.717, 1.165) is 5.56 Å². The molecule has 0 fully saturated rings. The molecule has 0 aliphatic carbocycles. The van der Waals surface area contributed by atoms with Gasteiger partial charge in [0.2, 0.25) is 5.91 Å². The third kappa shape index (κ3) is 6.14. The van der Waals surface area contributed by atoms with E-state index < -0.39 is 12.3 Å². The zero-order chi connectivity index (χ0) is 14.8. The number of nitrogens with two attached hydrogens (primary N) is 1. The SMILES string of the molecule is CCOC(CNC(=O)C(N)Cc1ccccc1)OCC. The summed E-state index contributed by atoms with van der Waals surface area (Å²) in [6.45, 7) is 5.15. The fraction of sp³-hybridized carbons (Fsp3) is 0.533. The van der Waals surface area contributed by atoms with Gasteiger partial charge in [0.25, 0.3) is 0 Å². The molecule has 1 rings (SSSR count). The molecule has 0 saturated heterocycles. The van der Waals surface area contributed by atoms with Crippen molar-refractivity contribution in [1.82, 2.24) is 5.32 Å². The van der Waals surface area contributed by atoms with Crippen LogP contribution < -0.4 is 11.1 Å². The summed E-state index contributed by atoms with van der Waals surface area (Å²) in [5.41, 5.74) is 6.93. The molecule has 1 amide bonds. The Bertz CT molecular complexity index is 378. The molecule has 112 valence electrons. The second-order valence-corrected chi connectivity index (χ2v) is 4.38. The molecule has 1 atom stereocenters. The van der Waals surface area contributed by atoms with Gasteiger partial charge in [-0.3, -0.25) is 4.79 Å². The van der Waals surface area contributed by atoms with Gasteiger partial charge >= 0.3 is 0 Å². The molecule has 0 bridgehead atoms. The second-order valence-electron chi connectivity index (χ2n) is 4.38. The molecular formula is C15H24N2O3. The zero-order valence-corrected chi connectivity index (χ0v) is 12.2. The van der Waals surface area contributed by atoms with Crippen LogP contribution in [-0.4, -0.2) is 38.0 Å². The van der Waals surface area contributed by atoms with Gasteiger partial charge < -0.3 is 20.5 Å². The molecule has 0 radical (unpaired) electrons. The Morgan fingerprint density at radius 3 is 2.35 bits per heavy atom. The molecule has 0 aliphatic heterocycles. The fourth-order valence-corrected chi connectivity index (χ4v) is 1.81. The molecule has 1 aromatic carbocycles. The maximum Gasteiger partial charge on any atom is 0.237 e. The van der Waals surface area contributed by atoms with E-state index in [1.54, 1.807) is 0 Å². The van der Waals surface area contributed by atoms with Gasteiger partial charge in [-0.05, 0) is 25.8 Å². The number of benzene rings is 1. The van der Waals surface area contributed by atoms with Gasteiger partial charge in [-0.2, -0.15) is 0 Å². The Labute approximate surface area is 120 Å². The van der Waals surface area contributed by atoms with Crippen LogP contribution in [0.2, 0.25) is 0 Å². The van der Waals surface area contributed by atoms with E-state index in [9.17, 15) is 4.79 Å². The van der Waals surface area contributed by atoms with Crippen molar-refractivity contribution in [2.45, 2.75) is 32.6 Å². The summed E-state index contributed by atoms with van der Waals surface area (Å²) in [4.78, 5) is 11.9. The first kappa shape index (κ1) is 16.6. The van der Waals surface area contributed by atoms with Crippen LogP contribution in [0.5, 0.6) is 0 Å². The van der Waals surface area contributed by atoms with E-state index in [0.29, 0.717) is 26.2 Å². The number of amides is 1. The maximum atomic E-state index is 11.9. The molecule has 0 heterocycles. The van der Waals surface area contributed by atoms with Crippen LogP contribution in [0.3, 0.4) is 0 Å². The van der Waals surface area contributed by atoms with Crippen LogP contribution in [-0.2, 0) is 20.7 Å². The quantitative estimate of drug-likeness (QED) is 0.664. The van der Waals surface area contributed by atoms with Crippen LogP contribution in [0.15, 0.2) is 30.3 Å². The van der Waals surface area contributed by atoms with Crippen LogP contribution in [0.25, 0.3) is 0 Å². The Balaban J connectivity index is 2.37. The summed E-state index contributed by atoms with van der Waals surface area (Å²) >= 11 is 0. The first-order valence-electron chi connectivity index (χ1n) is 6.97. The number of ether oxygens (including phenoxy) is 2. The minimum atomic E-state index is -0.568. The normalized spacial score (nSPS) is 12.4. The van der Waals surface area contributed by atoms with Crippen molar-refractivity contribution in [2.24, 2.45) is 5.73 Å². The van der Waals surface area contributed by atoms with Crippen molar-refractivity contribution >= 4 is 5.91 Å². The molecule has 5 heteroatoms. The number of carbonyl (C=O) groups excluding carboxylic acids is 1. The molecule has 0 spiro atoms. The highest BCUT2D eigenvalue weighted by atomic mass is 16.7. The second kappa shape index (κ2) is 9.47.